The summed E-state index contributed by atoms with van der Waals surface area (Å²) in [4.78, 5) is 42.8. The van der Waals surface area contributed by atoms with Crippen LogP contribution in [0, 0.1) is 11.3 Å². The van der Waals surface area contributed by atoms with Crippen LogP contribution in [0.5, 0.6) is 0 Å². The number of benzene rings is 3. The first-order valence-corrected chi connectivity index (χ1v) is 14.9. The maximum Gasteiger partial charge on any atom is 0.412 e. The van der Waals surface area contributed by atoms with E-state index in [0.717, 1.165) is 31.6 Å². The van der Waals surface area contributed by atoms with Gasteiger partial charge in [-0.2, -0.15) is 5.26 Å². The Morgan fingerprint density at radius 3 is 2.18 bits per heavy atom. The molecule has 1 fully saturated rings. The minimum atomic E-state index is -0.660. The van der Waals surface area contributed by atoms with Crippen LogP contribution in [0.25, 0.3) is 0 Å². The molecule has 3 aromatic rings. The molecule has 3 N–H and O–H groups in total. The number of nitrogens with zero attached hydrogens (tertiary/aromatic N) is 3. The number of urea groups is 1. The first kappa shape index (κ1) is 33.0. The summed E-state index contributed by atoms with van der Waals surface area (Å²) < 4.78 is 10.8. The molecule has 0 aliphatic carbocycles. The molecular formula is C34H40N6O5. The fourth-order valence-corrected chi connectivity index (χ4v) is 4.68. The van der Waals surface area contributed by atoms with E-state index < -0.39 is 11.7 Å². The molecule has 1 heterocycles. The van der Waals surface area contributed by atoms with Gasteiger partial charge < -0.3 is 25.0 Å². The van der Waals surface area contributed by atoms with Crippen molar-refractivity contribution in [2.45, 2.75) is 39.3 Å². The highest BCUT2D eigenvalue weighted by Gasteiger charge is 2.19. The minimum absolute atomic E-state index is 0.252. The number of nitrogens with one attached hydrogen (secondary N) is 3. The van der Waals surface area contributed by atoms with Crippen molar-refractivity contribution in [1.29, 1.82) is 5.26 Å². The summed E-state index contributed by atoms with van der Waals surface area (Å²) in [5, 5.41) is 17.5. The second kappa shape index (κ2) is 15.7. The van der Waals surface area contributed by atoms with E-state index in [4.69, 9.17) is 14.7 Å². The van der Waals surface area contributed by atoms with Crippen LogP contribution in [0.1, 0.15) is 48.7 Å². The number of rotatable bonds is 10. The van der Waals surface area contributed by atoms with Crippen LogP contribution in [-0.2, 0) is 16.0 Å². The zero-order chi connectivity index (χ0) is 32.2. The van der Waals surface area contributed by atoms with Crippen LogP contribution >= 0.6 is 0 Å². The van der Waals surface area contributed by atoms with Gasteiger partial charge in [-0.3, -0.25) is 15.0 Å². The summed E-state index contributed by atoms with van der Waals surface area (Å²) in [5.41, 5.74) is 2.59. The Kier molecular flexibility index (Phi) is 11.5. The summed E-state index contributed by atoms with van der Waals surface area (Å²) >= 11 is 0. The Hall–Kier alpha value is -4.92. The van der Waals surface area contributed by atoms with E-state index in [1.165, 1.54) is 0 Å². The molecule has 1 aliphatic heterocycles. The van der Waals surface area contributed by atoms with E-state index in [-0.39, 0.29) is 11.9 Å². The number of hydrogen-bond acceptors (Lipinski definition) is 7. The number of carbonyl (C=O) groups excluding carboxylic acids is 3. The molecule has 0 saturated carbocycles. The lowest BCUT2D eigenvalue weighted by Gasteiger charge is -2.28. The molecule has 0 bridgehead atoms. The van der Waals surface area contributed by atoms with Crippen molar-refractivity contribution in [3.63, 3.8) is 0 Å². The third kappa shape index (κ3) is 10.6. The normalized spacial score (nSPS) is 13.3. The number of carbonyl (C=O) groups is 3. The average molecular weight is 613 g/mol. The fraction of sp³-hybridized carbons (Fsp3) is 0.353. The largest absolute Gasteiger partial charge is 0.444 e. The number of anilines is 3. The Morgan fingerprint density at radius 2 is 1.56 bits per heavy atom. The molecule has 11 nitrogen and oxygen atoms in total. The van der Waals surface area contributed by atoms with E-state index in [1.807, 2.05) is 12.1 Å². The predicted molar refractivity (Wildman–Crippen MR) is 173 cm³/mol. The Morgan fingerprint density at radius 1 is 0.911 bits per heavy atom. The van der Waals surface area contributed by atoms with Gasteiger partial charge in [0, 0.05) is 44.0 Å². The molecule has 11 heteroatoms. The minimum Gasteiger partial charge on any atom is -0.444 e. The van der Waals surface area contributed by atoms with Gasteiger partial charge in [0.15, 0.2) is 0 Å². The maximum absolute atomic E-state index is 13.3. The molecule has 0 atom stereocenters. The molecule has 4 rings (SSSR count). The summed E-state index contributed by atoms with van der Waals surface area (Å²) in [6.07, 6.45) is 0.171. The van der Waals surface area contributed by atoms with Gasteiger partial charge in [0.1, 0.15) is 5.60 Å². The van der Waals surface area contributed by atoms with Gasteiger partial charge in [-0.1, -0.05) is 24.3 Å². The molecule has 4 amide bonds. The second-order valence-corrected chi connectivity index (χ2v) is 11.7. The molecule has 0 aromatic heterocycles. The van der Waals surface area contributed by atoms with Crippen molar-refractivity contribution in [2.75, 3.05) is 55.3 Å². The first-order chi connectivity index (χ1) is 21.6. The van der Waals surface area contributed by atoms with E-state index in [1.54, 1.807) is 86.3 Å². The van der Waals surface area contributed by atoms with Crippen LogP contribution in [0.3, 0.4) is 0 Å². The molecule has 0 unspecified atom stereocenters. The smallest absolute Gasteiger partial charge is 0.412 e. The highest BCUT2D eigenvalue weighted by Crippen LogP contribution is 2.23. The lowest BCUT2D eigenvalue weighted by atomic mass is 10.1. The molecule has 45 heavy (non-hydrogen) atoms. The van der Waals surface area contributed by atoms with E-state index >= 15 is 0 Å². The van der Waals surface area contributed by atoms with Crippen molar-refractivity contribution in [3.8, 4) is 6.07 Å². The molecule has 0 spiro atoms. The molecule has 3 aromatic carbocycles. The lowest BCUT2D eigenvalue weighted by Crippen LogP contribution is -2.40. The number of morpholine rings is 1. The van der Waals surface area contributed by atoms with Gasteiger partial charge in [-0.05, 0) is 81.3 Å². The van der Waals surface area contributed by atoms with Gasteiger partial charge in [0.2, 0.25) is 0 Å². The summed E-state index contributed by atoms with van der Waals surface area (Å²) in [7, 11) is 0. The Labute approximate surface area is 264 Å². The Bertz CT molecular complexity index is 1490. The van der Waals surface area contributed by atoms with E-state index in [0.29, 0.717) is 54.5 Å². The standard InChI is InChI=1S/C34H40N6O5/c1-34(2,3)45-33(43)38-30-8-5-4-7-29(30)37-31(41)27-13-9-26(10-14-27)24-40(18-6-17-39-19-21-44-22-20-39)32(42)36-28-15-11-25(23-35)12-16-28/h4-5,7-16H,6,17-22,24H2,1-3H3,(H,36,42)(H,37,41)(H,38,43). The summed E-state index contributed by atoms with van der Waals surface area (Å²) in [6, 6.07) is 22.5. The summed E-state index contributed by atoms with van der Waals surface area (Å²) in [6.45, 7) is 10.2. The topological polar surface area (TPSA) is 136 Å². The highest BCUT2D eigenvalue weighted by atomic mass is 16.6. The first-order valence-electron chi connectivity index (χ1n) is 14.9. The summed E-state index contributed by atoms with van der Waals surface area (Å²) in [5.74, 6) is -0.346. The second-order valence-electron chi connectivity index (χ2n) is 11.7. The predicted octanol–water partition coefficient (Wildman–Crippen LogP) is 5.91. The third-order valence-electron chi connectivity index (χ3n) is 6.96. The molecule has 1 saturated heterocycles. The monoisotopic (exact) mass is 612 g/mol. The zero-order valence-electron chi connectivity index (χ0n) is 26.0. The third-order valence-corrected chi connectivity index (χ3v) is 6.96. The molecule has 1 aliphatic rings. The van der Waals surface area contributed by atoms with Gasteiger partial charge in [0.05, 0.1) is 36.2 Å². The SMILES string of the molecule is CC(C)(C)OC(=O)Nc1ccccc1NC(=O)c1ccc(CN(CCCN2CCOCC2)C(=O)Nc2ccc(C#N)cc2)cc1. The number of amides is 4. The van der Waals surface area contributed by atoms with Gasteiger partial charge in [0.25, 0.3) is 5.91 Å². The van der Waals surface area contributed by atoms with Crippen molar-refractivity contribution >= 4 is 35.1 Å². The van der Waals surface area contributed by atoms with Crippen LogP contribution in [0.15, 0.2) is 72.8 Å². The van der Waals surface area contributed by atoms with Crippen molar-refractivity contribution < 1.29 is 23.9 Å². The van der Waals surface area contributed by atoms with Gasteiger partial charge >= 0.3 is 12.1 Å². The van der Waals surface area contributed by atoms with Crippen LogP contribution in [0.2, 0.25) is 0 Å². The maximum atomic E-state index is 13.3. The number of hydrogen-bond donors (Lipinski definition) is 3. The van der Waals surface area contributed by atoms with Crippen molar-refractivity contribution in [1.82, 2.24) is 9.80 Å². The number of nitriles is 1. The molecule has 236 valence electrons. The van der Waals surface area contributed by atoms with Crippen molar-refractivity contribution in [2.24, 2.45) is 0 Å². The average Bonchev–Trinajstić information content (AvgIpc) is 3.02. The lowest BCUT2D eigenvalue weighted by molar-refractivity contribution is 0.0365. The molecular weight excluding hydrogens is 572 g/mol. The Balaban J connectivity index is 1.40. The number of para-hydroxylation sites is 2. The van der Waals surface area contributed by atoms with E-state index in [2.05, 4.69) is 26.9 Å². The zero-order valence-corrected chi connectivity index (χ0v) is 26.0. The van der Waals surface area contributed by atoms with Gasteiger partial charge in [-0.25, -0.2) is 9.59 Å². The highest BCUT2D eigenvalue weighted by molar-refractivity contribution is 6.06. The fourth-order valence-electron chi connectivity index (χ4n) is 4.68. The van der Waals surface area contributed by atoms with E-state index in [9.17, 15) is 14.4 Å². The van der Waals surface area contributed by atoms with Crippen molar-refractivity contribution in [3.05, 3.63) is 89.5 Å². The van der Waals surface area contributed by atoms with Crippen LogP contribution in [0.4, 0.5) is 26.7 Å². The van der Waals surface area contributed by atoms with Gasteiger partial charge in [-0.15, -0.1) is 0 Å². The quantitative estimate of drug-likeness (QED) is 0.259. The van der Waals surface area contributed by atoms with Crippen LogP contribution < -0.4 is 16.0 Å². The van der Waals surface area contributed by atoms with Crippen LogP contribution in [-0.4, -0.2) is 72.8 Å². The number of ether oxygens (including phenoxy) is 2. The molecule has 0 radical (unpaired) electrons.